The first-order chi connectivity index (χ1) is 13.0. The normalized spacial score (nSPS) is 10.7. The molecule has 0 radical (unpaired) electrons. The van der Waals surface area contributed by atoms with E-state index >= 15 is 0 Å². The molecule has 0 spiro atoms. The Labute approximate surface area is 157 Å². The summed E-state index contributed by atoms with van der Waals surface area (Å²) in [5, 5.41) is 5.76. The van der Waals surface area contributed by atoms with E-state index in [9.17, 15) is 9.18 Å². The van der Waals surface area contributed by atoms with E-state index in [1.54, 1.807) is 18.2 Å². The first kappa shape index (κ1) is 18.5. The Kier molecular flexibility index (Phi) is 5.76. The van der Waals surface area contributed by atoms with E-state index in [1.165, 1.54) is 24.0 Å². The molecule has 1 aromatic heterocycles. The highest BCUT2D eigenvalue weighted by Crippen LogP contribution is 2.19. The number of nitrogens with zero attached hydrogens (tertiary/aromatic N) is 2. The molecule has 6 heteroatoms. The van der Waals surface area contributed by atoms with Crippen molar-refractivity contribution in [2.75, 3.05) is 5.32 Å². The molecule has 3 aromatic rings. The van der Waals surface area contributed by atoms with Gasteiger partial charge in [-0.25, -0.2) is 14.4 Å². The summed E-state index contributed by atoms with van der Waals surface area (Å²) < 4.78 is 13.6. The zero-order valence-electron chi connectivity index (χ0n) is 15.2. The maximum Gasteiger partial charge on any atom is 0.254 e. The van der Waals surface area contributed by atoms with Crippen LogP contribution in [0.5, 0.6) is 0 Å². The predicted octanol–water partition coefficient (Wildman–Crippen LogP) is 4.41. The number of nitrogens with one attached hydrogen (secondary N) is 2. The molecule has 2 N–H and O–H groups in total. The fraction of sp³-hybridized carbons (Fsp3) is 0.190. The van der Waals surface area contributed by atoms with Crippen LogP contribution in [0.4, 0.5) is 16.0 Å². The summed E-state index contributed by atoms with van der Waals surface area (Å²) in [5.74, 6) is 0.165. The molecule has 27 heavy (non-hydrogen) atoms. The summed E-state index contributed by atoms with van der Waals surface area (Å²) in [6.07, 6.45) is 2.88. The third kappa shape index (κ3) is 4.88. The summed E-state index contributed by atoms with van der Waals surface area (Å²) >= 11 is 0. The largest absolute Gasteiger partial charge is 0.348 e. The second-order valence-corrected chi connectivity index (χ2v) is 6.47. The molecule has 1 heterocycles. The molecule has 0 aliphatic carbocycles. The van der Waals surface area contributed by atoms with Gasteiger partial charge in [-0.05, 0) is 29.7 Å². The lowest BCUT2D eigenvalue weighted by Gasteiger charge is -2.09. The van der Waals surface area contributed by atoms with Crippen molar-refractivity contribution in [2.24, 2.45) is 0 Å². The molecule has 0 aliphatic rings. The van der Waals surface area contributed by atoms with Crippen LogP contribution >= 0.6 is 0 Å². The number of anilines is 2. The van der Waals surface area contributed by atoms with Crippen molar-refractivity contribution in [3.63, 3.8) is 0 Å². The van der Waals surface area contributed by atoms with Gasteiger partial charge in [0.1, 0.15) is 5.82 Å². The lowest BCUT2D eigenvalue weighted by molar-refractivity contribution is 0.0950. The summed E-state index contributed by atoms with van der Waals surface area (Å²) in [7, 11) is 0. The van der Waals surface area contributed by atoms with Gasteiger partial charge in [0.25, 0.3) is 5.91 Å². The Bertz CT molecular complexity index is 908. The third-order valence-corrected chi connectivity index (χ3v) is 4.14. The van der Waals surface area contributed by atoms with E-state index in [1.807, 2.05) is 12.1 Å². The molecule has 0 atom stereocenters. The van der Waals surface area contributed by atoms with E-state index in [2.05, 4.69) is 46.6 Å². The zero-order chi connectivity index (χ0) is 19.2. The van der Waals surface area contributed by atoms with Crippen LogP contribution in [0.15, 0.2) is 60.9 Å². The fourth-order valence-electron chi connectivity index (χ4n) is 2.51. The summed E-state index contributed by atoms with van der Waals surface area (Å²) in [5.41, 5.74) is 2.86. The third-order valence-electron chi connectivity index (χ3n) is 4.14. The molecule has 0 saturated heterocycles. The number of rotatable bonds is 6. The Morgan fingerprint density at radius 2 is 1.70 bits per heavy atom. The lowest BCUT2D eigenvalue weighted by Crippen LogP contribution is -2.23. The predicted molar refractivity (Wildman–Crippen MR) is 103 cm³/mol. The van der Waals surface area contributed by atoms with E-state index in [4.69, 9.17) is 0 Å². The van der Waals surface area contributed by atoms with Crippen LogP contribution in [0.3, 0.4) is 0 Å². The van der Waals surface area contributed by atoms with Gasteiger partial charge in [0.2, 0.25) is 5.95 Å². The maximum atomic E-state index is 13.6. The molecule has 0 aliphatic heterocycles. The minimum atomic E-state index is -0.355. The van der Waals surface area contributed by atoms with Crippen LogP contribution in [0, 0.1) is 5.82 Å². The fourth-order valence-corrected chi connectivity index (χ4v) is 2.51. The summed E-state index contributed by atoms with van der Waals surface area (Å²) in [6, 6.07) is 14.4. The first-order valence-corrected chi connectivity index (χ1v) is 8.73. The van der Waals surface area contributed by atoms with E-state index in [0.29, 0.717) is 23.0 Å². The monoisotopic (exact) mass is 364 g/mol. The lowest BCUT2D eigenvalue weighted by atomic mass is 10.0. The number of hydrogen-bond donors (Lipinski definition) is 2. The number of hydrogen-bond acceptors (Lipinski definition) is 4. The molecule has 0 bridgehead atoms. The second kappa shape index (κ2) is 8.40. The SMILES string of the molecule is CC(C)c1ccc(Nc2ncc(C(=O)NCc3ccccc3F)cn2)cc1. The second-order valence-electron chi connectivity index (χ2n) is 6.47. The standard InChI is InChI=1S/C21H21FN4O/c1-14(2)15-7-9-18(10-8-15)26-21-24-12-17(13-25-21)20(27)23-11-16-5-3-4-6-19(16)22/h3-10,12-14H,11H2,1-2H3,(H,23,27)(H,24,25,26). The van der Waals surface area contributed by atoms with Gasteiger partial charge in [-0.3, -0.25) is 4.79 Å². The minimum absolute atomic E-state index is 0.105. The molecule has 0 unspecified atom stereocenters. The van der Waals surface area contributed by atoms with Gasteiger partial charge in [0, 0.05) is 30.2 Å². The van der Waals surface area contributed by atoms with Crippen LogP contribution in [0.1, 0.15) is 41.3 Å². The number of carbonyl (C=O) groups excluding carboxylic acids is 1. The van der Waals surface area contributed by atoms with E-state index in [0.717, 1.165) is 5.69 Å². The van der Waals surface area contributed by atoms with Crippen LogP contribution < -0.4 is 10.6 Å². The zero-order valence-corrected chi connectivity index (χ0v) is 15.2. The Morgan fingerprint density at radius 1 is 1.04 bits per heavy atom. The van der Waals surface area contributed by atoms with Gasteiger partial charge in [-0.15, -0.1) is 0 Å². The number of carbonyl (C=O) groups is 1. The summed E-state index contributed by atoms with van der Waals surface area (Å²) in [6.45, 7) is 4.39. The van der Waals surface area contributed by atoms with E-state index < -0.39 is 0 Å². The van der Waals surface area contributed by atoms with Gasteiger partial charge in [0.05, 0.1) is 5.56 Å². The number of aromatic nitrogens is 2. The topological polar surface area (TPSA) is 66.9 Å². The van der Waals surface area contributed by atoms with Crippen molar-refractivity contribution in [3.8, 4) is 0 Å². The first-order valence-electron chi connectivity index (χ1n) is 8.73. The molecule has 138 valence electrons. The highest BCUT2D eigenvalue weighted by molar-refractivity contribution is 5.93. The van der Waals surface area contributed by atoms with Crippen molar-refractivity contribution >= 4 is 17.5 Å². The van der Waals surface area contributed by atoms with Crippen molar-refractivity contribution in [2.45, 2.75) is 26.3 Å². The molecule has 5 nitrogen and oxygen atoms in total. The number of benzene rings is 2. The summed E-state index contributed by atoms with van der Waals surface area (Å²) in [4.78, 5) is 20.5. The van der Waals surface area contributed by atoms with Crippen molar-refractivity contribution in [1.29, 1.82) is 0 Å². The van der Waals surface area contributed by atoms with Gasteiger partial charge < -0.3 is 10.6 Å². The molecule has 0 saturated carbocycles. The Hall–Kier alpha value is -3.28. The molecular weight excluding hydrogens is 343 g/mol. The van der Waals surface area contributed by atoms with Gasteiger partial charge in [-0.2, -0.15) is 0 Å². The van der Waals surface area contributed by atoms with Crippen molar-refractivity contribution in [3.05, 3.63) is 83.4 Å². The number of amides is 1. The van der Waals surface area contributed by atoms with Gasteiger partial charge in [0.15, 0.2) is 0 Å². The molecule has 0 fully saturated rings. The highest BCUT2D eigenvalue weighted by atomic mass is 19.1. The van der Waals surface area contributed by atoms with Crippen LogP contribution in [-0.4, -0.2) is 15.9 Å². The Morgan fingerprint density at radius 3 is 2.33 bits per heavy atom. The van der Waals surface area contributed by atoms with Gasteiger partial charge >= 0.3 is 0 Å². The van der Waals surface area contributed by atoms with Gasteiger partial charge in [-0.1, -0.05) is 44.2 Å². The van der Waals surface area contributed by atoms with Crippen LogP contribution in [-0.2, 0) is 6.54 Å². The maximum absolute atomic E-state index is 13.6. The van der Waals surface area contributed by atoms with Crippen molar-refractivity contribution < 1.29 is 9.18 Å². The highest BCUT2D eigenvalue weighted by Gasteiger charge is 2.09. The minimum Gasteiger partial charge on any atom is -0.348 e. The van der Waals surface area contributed by atoms with E-state index in [-0.39, 0.29) is 18.3 Å². The average molecular weight is 364 g/mol. The molecule has 2 aromatic carbocycles. The van der Waals surface area contributed by atoms with Crippen molar-refractivity contribution in [1.82, 2.24) is 15.3 Å². The Balaban J connectivity index is 1.59. The molecule has 3 rings (SSSR count). The van der Waals surface area contributed by atoms with Crippen LogP contribution in [0.25, 0.3) is 0 Å². The quantitative estimate of drug-likeness (QED) is 0.680. The molecular formula is C21H21FN4O. The average Bonchev–Trinajstić information content (AvgIpc) is 2.68. The molecule has 1 amide bonds. The van der Waals surface area contributed by atoms with Crippen LogP contribution in [0.2, 0.25) is 0 Å². The number of halogens is 1. The smallest absolute Gasteiger partial charge is 0.254 e.